The molecule has 1 aromatic rings. The van der Waals surface area contributed by atoms with Crippen LogP contribution in [0.2, 0.25) is 0 Å². The molecule has 2 heterocycles. The number of rotatable bonds is 2. The van der Waals surface area contributed by atoms with Crippen molar-refractivity contribution in [3.8, 4) is 0 Å². The normalized spacial score (nSPS) is 22.8. The van der Waals surface area contributed by atoms with Crippen molar-refractivity contribution >= 4 is 17.5 Å². The van der Waals surface area contributed by atoms with Gasteiger partial charge < -0.3 is 10.0 Å². The zero-order valence-corrected chi connectivity index (χ0v) is 13.7. The predicted octanol–water partition coefficient (Wildman–Crippen LogP) is 1.58. The molecule has 1 saturated heterocycles. The Hall–Kier alpha value is -1.88. The molecule has 1 aromatic carbocycles. The molecule has 0 radical (unpaired) electrons. The Labute approximate surface area is 136 Å². The Morgan fingerprint density at radius 1 is 1.22 bits per heavy atom. The van der Waals surface area contributed by atoms with Crippen LogP contribution in [0, 0.1) is 5.92 Å². The van der Waals surface area contributed by atoms with Gasteiger partial charge in [-0.1, -0.05) is 18.2 Å². The van der Waals surface area contributed by atoms with Crippen LogP contribution in [0.1, 0.15) is 32.3 Å². The highest BCUT2D eigenvalue weighted by Crippen LogP contribution is 2.33. The fourth-order valence-corrected chi connectivity index (χ4v) is 3.79. The molecule has 0 spiro atoms. The van der Waals surface area contributed by atoms with Crippen molar-refractivity contribution in [2.75, 3.05) is 18.0 Å². The summed E-state index contributed by atoms with van der Waals surface area (Å²) >= 11 is 0. The summed E-state index contributed by atoms with van der Waals surface area (Å²) in [5.74, 6) is 0.205. The van der Waals surface area contributed by atoms with Gasteiger partial charge in [-0.25, -0.2) is 0 Å². The number of fused-ring (bicyclic) bond motifs is 1. The van der Waals surface area contributed by atoms with Crippen molar-refractivity contribution in [2.24, 2.45) is 5.92 Å². The summed E-state index contributed by atoms with van der Waals surface area (Å²) in [5, 5.41) is 9.69. The molecule has 1 N–H and O–H groups in total. The minimum atomic E-state index is -0.423. The molecular formula is C18H24N2O3. The molecule has 2 aliphatic rings. The number of hydrogen-bond donors (Lipinski definition) is 1. The van der Waals surface area contributed by atoms with Gasteiger partial charge in [0.05, 0.1) is 6.10 Å². The third-order valence-electron chi connectivity index (χ3n) is 5.13. The van der Waals surface area contributed by atoms with Gasteiger partial charge in [-0.2, -0.15) is 0 Å². The molecule has 3 rings (SSSR count). The molecule has 2 amide bonds. The van der Waals surface area contributed by atoms with E-state index in [1.54, 1.807) is 4.90 Å². The third-order valence-corrected chi connectivity index (χ3v) is 5.13. The molecule has 1 unspecified atom stereocenters. The number of amides is 2. The fraction of sp³-hybridized carbons (Fsp3) is 0.556. The van der Waals surface area contributed by atoms with Crippen LogP contribution >= 0.6 is 0 Å². The second kappa shape index (κ2) is 6.32. The summed E-state index contributed by atoms with van der Waals surface area (Å²) in [6.07, 6.45) is 1.91. The Kier molecular flexibility index (Phi) is 4.39. The SMILES string of the molecule is CC(=O)N1c2ccccc2C[C@H]1C(=O)N1CCC(C(C)O)CC1. The van der Waals surface area contributed by atoms with Crippen LogP contribution in [-0.4, -0.2) is 47.1 Å². The van der Waals surface area contributed by atoms with Crippen LogP contribution in [0.4, 0.5) is 5.69 Å². The van der Waals surface area contributed by atoms with Gasteiger partial charge in [-0.15, -0.1) is 0 Å². The predicted molar refractivity (Wildman–Crippen MR) is 88.1 cm³/mol. The van der Waals surface area contributed by atoms with Gasteiger partial charge in [0, 0.05) is 32.1 Å². The van der Waals surface area contributed by atoms with Gasteiger partial charge in [0.1, 0.15) is 6.04 Å². The molecule has 0 aliphatic carbocycles. The topological polar surface area (TPSA) is 60.9 Å². The van der Waals surface area contributed by atoms with Crippen LogP contribution < -0.4 is 4.90 Å². The lowest BCUT2D eigenvalue weighted by atomic mass is 9.92. The van der Waals surface area contributed by atoms with E-state index >= 15 is 0 Å². The quantitative estimate of drug-likeness (QED) is 0.901. The van der Waals surface area contributed by atoms with Crippen molar-refractivity contribution in [1.82, 2.24) is 4.90 Å². The van der Waals surface area contributed by atoms with E-state index in [-0.39, 0.29) is 23.8 Å². The Morgan fingerprint density at radius 2 is 1.87 bits per heavy atom. The first kappa shape index (κ1) is 16.0. The van der Waals surface area contributed by atoms with Gasteiger partial charge in [0.2, 0.25) is 11.8 Å². The first-order valence-electron chi connectivity index (χ1n) is 8.33. The summed E-state index contributed by atoms with van der Waals surface area (Å²) in [5.41, 5.74) is 1.91. The van der Waals surface area contributed by atoms with Crippen LogP contribution in [0.25, 0.3) is 0 Å². The molecule has 2 atom stereocenters. The third kappa shape index (κ3) is 2.98. The molecule has 5 heteroatoms. The van der Waals surface area contributed by atoms with Crippen molar-refractivity contribution in [2.45, 2.75) is 45.3 Å². The standard InChI is InChI=1S/C18H24N2O3/c1-12(21)14-7-9-19(10-8-14)18(23)17-11-15-5-3-4-6-16(15)20(17)13(2)22/h3-6,12,14,17,21H,7-11H2,1-2H3/t12?,17-/m0/s1. The van der Waals surface area contributed by atoms with Gasteiger partial charge in [0.25, 0.3) is 0 Å². The maximum atomic E-state index is 12.9. The molecule has 23 heavy (non-hydrogen) atoms. The highest BCUT2D eigenvalue weighted by Gasteiger charge is 2.39. The zero-order valence-electron chi connectivity index (χ0n) is 13.7. The van der Waals surface area contributed by atoms with Crippen LogP contribution in [-0.2, 0) is 16.0 Å². The fourth-order valence-electron chi connectivity index (χ4n) is 3.79. The molecular weight excluding hydrogens is 292 g/mol. The van der Waals surface area contributed by atoms with Gasteiger partial charge >= 0.3 is 0 Å². The monoisotopic (exact) mass is 316 g/mol. The lowest BCUT2D eigenvalue weighted by Crippen LogP contribution is -2.51. The van der Waals surface area contributed by atoms with E-state index < -0.39 is 6.04 Å². The van der Waals surface area contributed by atoms with E-state index in [0.29, 0.717) is 19.5 Å². The summed E-state index contributed by atoms with van der Waals surface area (Å²) in [4.78, 5) is 28.5. The van der Waals surface area contributed by atoms with E-state index in [4.69, 9.17) is 0 Å². The number of likely N-dealkylation sites (tertiary alicyclic amines) is 1. The van der Waals surface area contributed by atoms with Crippen LogP contribution in [0.3, 0.4) is 0 Å². The largest absolute Gasteiger partial charge is 0.393 e. The van der Waals surface area contributed by atoms with E-state index in [0.717, 1.165) is 24.1 Å². The Balaban J connectivity index is 1.74. The first-order chi connectivity index (χ1) is 11.0. The molecule has 5 nitrogen and oxygen atoms in total. The van der Waals surface area contributed by atoms with E-state index in [2.05, 4.69) is 0 Å². The Morgan fingerprint density at radius 3 is 2.48 bits per heavy atom. The molecule has 2 aliphatic heterocycles. The number of carbonyl (C=O) groups is 2. The van der Waals surface area contributed by atoms with Crippen LogP contribution in [0.5, 0.6) is 0 Å². The summed E-state index contributed by atoms with van der Waals surface area (Å²) in [6.45, 7) is 4.65. The van der Waals surface area contributed by atoms with Gasteiger partial charge in [0.15, 0.2) is 0 Å². The summed E-state index contributed by atoms with van der Waals surface area (Å²) in [6, 6.07) is 7.31. The number of carbonyl (C=O) groups excluding carboxylic acids is 2. The highest BCUT2D eigenvalue weighted by atomic mass is 16.3. The highest BCUT2D eigenvalue weighted by molar-refractivity contribution is 6.02. The van der Waals surface area contributed by atoms with E-state index in [1.165, 1.54) is 6.92 Å². The lowest BCUT2D eigenvalue weighted by molar-refractivity contribution is -0.135. The second-order valence-electron chi connectivity index (χ2n) is 6.64. The summed E-state index contributed by atoms with van der Waals surface area (Å²) < 4.78 is 0. The molecule has 0 saturated carbocycles. The number of anilines is 1. The number of para-hydroxylation sites is 1. The smallest absolute Gasteiger partial charge is 0.246 e. The number of benzene rings is 1. The minimum Gasteiger partial charge on any atom is -0.393 e. The average molecular weight is 316 g/mol. The van der Waals surface area contributed by atoms with Crippen molar-refractivity contribution < 1.29 is 14.7 Å². The van der Waals surface area contributed by atoms with Gasteiger partial charge in [-0.3, -0.25) is 14.5 Å². The van der Waals surface area contributed by atoms with Crippen molar-refractivity contribution in [3.63, 3.8) is 0 Å². The zero-order chi connectivity index (χ0) is 16.6. The Bertz CT molecular complexity index is 606. The van der Waals surface area contributed by atoms with Crippen LogP contribution in [0.15, 0.2) is 24.3 Å². The van der Waals surface area contributed by atoms with Crippen molar-refractivity contribution in [3.05, 3.63) is 29.8 Å². The maximum Gasteiger partial charge on any atom is 0.246 e. The molecule has 124 valence electrons. The second-order valence-corrected chi connectivity index (χ2v) is 6.64. The van der Waals surface area contributed by atoms with Crippen molar-refractivity contribution in [1.29, 1.82) is 0 Å². The lowest BCUT2D eigenvalue weighted by Gasteiger charge is -2.36. The molecule has 0 bridgehead atoms. The number of piperidine rings is 1. The molecule has 0 aromatic heterocycles. The number of aliphatic hydroxyl groups is 1. The average Bonchev–Trinajstić information content (AvgIpc) is 2.93. The van der Waals surface area contributed by atoms with E-state index in [9.17, 15) is 14.7 Å². The number of aliphatic hydroxyl groups excluding tert-OH is 1. The van der Waals surface area contributed by atoms with E-state index in [1.807, 2.05) is 36.1 Å². The maximum absolute atomic E-state index is 12.9. The first-order valence-corrected chi connectivity index (χ1v) is 8.33. The number of hydrogen-bond acceptors (Lipinski definition) is 3. The number of nitrogens with zero attached hydrogens (tertiary/aromatic N) is 2. The van der Waals surface area contributed by atoms with Gasteiger partial charge in [-0.05, 0) is 37.3 Å². The summed E-state index contributed by atoms with van der Waals surface area (Å²) in [7, 11) is 0. The minimum absolute atomic E-state index is 0.0282. The molecule has 1 fully saturated rings.